The van der Waals surface area contributed by atoms with Crippen LogP contribution in [0.4, 0.5) is 0 Å². The number of nitrogens with zero attached hydrogens (tertiary/aromatic N) is 1. The Morgan fingerprint density at radius 3 is 1.92 bits per heavy atom. The Kier molecular flexibility index (Phi) is 6.62. The zero-order chi connectivity index (χ0) is 9.07. The predicted octanol–water partition coefficient (Wildman–Crippen LogP) is -2.70. The molecule has 0 radical (unpaired) electrons. The minimum Gasteiger partial charge on any atom is -1.00 e. The summed E-state index contributed by atoms with van der Waals surface area (Å²) in [7, 11) is 7.68. The molecule has 0 aromatic heterocycles. The van der Waals surface area contributed by atoms with E-state index in [0.717, 1.165) is 11.0 Å². The van der Waals surface area contributed by atoms with E-state index in [1.807, 2.05) is 21.1 Å². The van der Waals surface area contributed by atoms with Crippen molar-refractivity contribution in [3.63, 3.8) is 0 Å². The fourth-order valence-electron chi connectivity index (χ4n) is 0.867. The molecule has 0 fully saturated rings. The number of ketones is 1. The van der Waals surface area contributed by atoms with Crippen LogP contribution in [0.3, 0.4) is 0 Å². The van der Waals surface area contributed by atoms with Gasteiger partial charge in [0.15, 0.2) is 11.9 Å². The summed E-state index contributed by atoms with van der Waals surface area (Å²) >= 11 is 0. The van der Waals surface area contributed by atoms with Crippen molar-refractivity contribution >= 4 is 5.78 Å². The fraction of sp³-hybridized carbons (Fsp3) is 0.875. The Bertz CT molecular complexity index is 142. The second kappa shape index (κ2) is 5.51. The van der Waals surface area contributed by atoms with Crippen molar-refractivity contribution in [2.24, 2.45) is 0 Å². The second-order valence-corrected chi connectivity index (χ2v) is 3.81. The highest BCUT2D eigenvalue weighted by Gasteiger charge is 2.20. The molecular formula is C8H18ClNO2. The summed E-state index contributed by atoms with van der Waals surface area (Å²) in [5.41, 5.74) is 0. The van der Waals surface area contributed by atoms with Crippen LogP contribution in [0.5, 0.6) is 0 Å². The van der Waals surface area contributed by atoms with Crippen LogP contribution in [0.1, 0.15) is 6.92 Å². The van der Waals surface area contributed by atoms with E-state index < -0.39 is 0 Å². The van der Waals surface area contributed by atoms with Crippen molar-refractivity contribution in [1.29, 1.82) is 0 Å². The third kappa shape index (κ3) is 6.58. The molecule has 0 aliphatic carbocycles. The summed E-state index contributed by atoms with van der Waals surface area (Å²) < 4.78 is 5.77. The normalized spacial score (nSPS) is 13.4. The van der Waals surface area contributed by atoms with Gasteiger partial charge in [-0.15, -0.1) is 0 Å². The van der Waals surface area contributed by atoms with Gasteiger partial charge in [-0.25, -0.2) is 0 Å². The van der Waals surface area contributed by atoms with Crippen LogP contribution in [0, 0.1) is 0 Å². The first-order valence-corrected chi connectivity index (χ1v) is 3.70. The molecule has 74 valence electrons. The maximum absolute atomic E-state index is 10.9. The molecule has 0 N–H and O–H groups in total. The largest absolute Gasteiger partial charge is 1.00 e. The van der Waals surface area contributed by atoms with Crippen LogP contribution in [0.2, 0.25) is 0 Å². The van der Waals surface area contributed by atoms with Gasteiger partial charge >= 0.3 is 0 Å². The van der Waals surface area contributed by atoms with Gasteiger partial charge in [0.05, 0.1) is 21.1 Å². The number of quaternary nitrogens is 1. The van der Waals surface area contributed by atoms with Crippen molar-refractivity contribution in [2.75, 3.05) is 34.8 Å². The van der Waals surface area contributed by atoms with Gasteiger partial charge in [0, 0.05) is 7.11 Å². The average molecular weight is 196 g/mol. The van der Waals surface area contributed by atoms with Crippen LogP contribution in [-0.4, -0.2) is 51.2 Å². The predicted molar refractivity (Wildman–Crippen MR) is 44.4 cm³/mol. The highest BCUT2D eigenvalue weighted by Crippen LogP contribution is 1.99. The zero-order valence-electron chi connectivity index (χ0n) is 8.43. The lowest BCUT2D eigenvalue weighted by Crippen LogP contribution is -3.00. The number of methoxy groups -OCH3 is 1. The van der Waals surface area contributed by atoms with Crippen molar-refractivity contribution < 1.29 is 26.4 Å². The molecule has 3 nitrogen and oxygen atoms in total. The number of rotatable bonds is 4. The Balaban J connectivity index is 0. The fourth-order valence-corrected chi connectivity index (χ4v) is 0.867. The number of likely N-dealkylation sites (N-methyl/N-ethyl adjacent to an activating group) is 1. The third-order valence-electron chi connectivity index (χ3n) is 1.45. The highest BCUT2D eigenvalue weighted by molar-refractivity contribution is 5.80. The first kappa shape index (κ1) is 14.4. The number of carbonyl (C=O) groups excluding carboxylic acids is 1. The lowest BCUT2D eigenvalue weighted by atomic mass is 10.2. The van der Waals surface area contributed by atoms with Gasteiger partial charge in [0.2, 0.25) is 0 Å². The van der Waals surface area contributed by atoms with E-state index in [1.54, 1.807) is 14.0 Å². The van der Waals surface area contributed by atoms with Gasteiger partial charge in [0.25, 0.3) is 0 Å². The Hall–Kier alpha value is -0.120. The van der Waals surface area contributed by atoms with Gasteiger partial charge in [-0.2, -0.15) is 0 Å². The topological polar surface area (TPSA) is 26.3 Å². The van der Waals surface area contributed by atoms with Crippen molar-refractivity contribution in [3.8, 4) is 0 Å². The lowest BCUT2D eigenvalue weighted by Gasteiger charge is -2.27. The summed E-state index contributed by atoms with van der Waals surface area (Å²) in [6.45, 7) is 2.29. The molecule has 0 saturated carbocycles. The average Bonchev–Trinajstić information content (AvgIpc) is 1.80. The highest BCUT2D eigenvalue weighted by atomic mass is 35.5. The monoisotopic (exact) mass is 195 g/mol. The number of ether oxygens (including phenoxy) is 1. The third-order valence-corrected chi connectivity index (χ3v) is 1.45. The van der Waals surface area contributed by atoms with Crippen molar-refractivity contribution in [2.45, 2.75) is 13.0 Å². The second-order valence-electron chi connectivity index (χ2n) is 3.81. The standard InChI is InChI=1S/C8H18NO2.ClH/c1-7(10)8(11-5)6-9(2,3)4;/h8H,6H2,1-5H3;1H/q+1;/p-1. The maximum Gasteiger partial charge on any atom is 0.164 e. The number of hydrogen-bond acceptors (Lipinski definition) is 2. The summed E-state index contributed by atoms with van der Waals surface area (Å²) in [5, 5.41) is 0. The number of Topliss-reactive ketones (excluding diaryl/α,β-unsaturated/α-hetero) is 1. The molecule has 1 unspecified atom stereocenters. The van der Waals surface area contributed by atoms with Crippen LogP contribution >= 0.6 is 0 Å². The number of hydrogen-bond donors (Lipinski definition) is 0. The lowest BCUT2D eigenvalue weighted by molar-refractivity contribution is -0.872. The van der Waals surface area contributed by atoms with Crippen LogP contribution in [0.15, 0.2) is 0 Å². The van der Waals surface area contributed by atoms with Crippen molar-refractivity contribution in [3.05, 3.63) is 0 Å². The molecule has 0 aromatic carbocycles. The van der Waals surface area contributed by atoms with E-state index in [-0.39, 0.29) is 24.3 Å². The first-order valence-electron chi connectivity index (χ1n) is 3.70. The summed E-state index contributed by atoms with van der Waals surface area (Å²) in [4.78, 5) is 10.9. The van der Waals surface area contributed by atoms with Gasteiger partial charge in [-0.3, -0.25) is 4.79 Å². The number of carbonyl (C=O) groups is 1. The summed E-state index contributed by atoms with van der Waals surface area (Å²) in [6, 6.07) is 0. The Labute approximate surface area is 80.7 Å². The zero-order valence-corrected chi connectivity index (χ0v) is 9.18. The molecule has 4 heteroatoms. The summed E-state index contributed by atoms with van der Waals surface area (Å²) in [5.74, 6) is 0.0977. The van der Waals surface area contributed by atoms with Crippen LogP contribution < -0.4 is 12.4 Å². The summed E-state index contributed by atoms with van der Waals surface area (Å²) in [6.07, 6.45) is -0.255. The molecule has 0 heterocycles. The van der Waals surface area contributed by atoms with E-state index in [2.05, 4.69) is 0 Å². The van der Waals surface area contributed by atoms with Gasteiger partial charge in [0.1, 0.15) is 6.54 Å². The molecule has 0 saturated heterocycles. The first-order chi connectivity index (χ1) is 4.87. The maximum atomic E-state index is 10.9. The van der Waals surface area contributed by atoms with Gasteiger partial charge in [-0.1, -0.05) is 0 Å². The Morgan fingerprint density at radius 2 is 1.83 bits per heavy atom. The van der Waals surface area contributed by atoms with Gasteiger partial charge < -0.3 is 21.6 Å². The van der Waals surface area contributed by atoms with E-state index in [1.165, 1.54) is 0 Å². The molecule has 0 aliphatic heterocycles. The molecule has 0 aliphatic rings. The van der Waals surface area contributed by atoms with Crippen LogP contribution in [-0.2, 0) is 9.53 Å². The van der Waals surface area contributed by atoms with E-state index in [0.29, 0.717) is 0 Å². The van der Waals surface area contributed by atoms with E-state index in [4.69, 9.17) is 4.74 Å². The number of halogens is 1. The quantitative estimate of drug-likeness (QED) is 0.457. The van der Waals surface area contributed by atoms with Crippen molar-refractivity contribution in [1.82, 2.24) is 0 Å². The minimum atomic E-state index is -0.255. The minimum absolute atomic E-state index is 0. The van der Waals surface area contributed by atoms with E-state index >= 15 is 0 Å². The molecule has 12 heavy (non-hydrogen) atoms. The molecule has 0 bridgehead atoms. The molecule has 0 spiro atoms. The smallest absolute Gasteiger partial charge is 0.164 e. The SMILES string of the molecule is COC(C[N+](C)(C)C)C(C)=O.[Cl-]. The Morgan fingerprint density at radius 1 is 1.42 bits per heavy atom. The molecule has 0 aromatic rings. The van der Waals surface area contributed by atoms with Crippen LogP contribution in [0.25, 0.3) is 0 Å². The van der Waals surface area contributed by atoms with Gasteiger partial charge in [-0.05, 0) is 6.92 Å². The van der Waals surface area contributed by atoms with E-state index in [9.17, 15) is 4.79 Å². The molecule has 0 amide bonds. The molecular weight excluding hydrogens is 178 g/mol. The molecule has 1 atom stereocenters. The molecule has 0 rings (SSSR count).